The molecule has 0 aliphatic carbocycles. The van der Waals surface area contributed by atoms with Gasteiger partial charge in [0.2, 0.25) is 5.91 Å². The first kappa shape index (κ1) is 16.5. The molecule has 0 saturated carbocycles. The number of nitrogens with one attached hydrogen (secondary N) is 1. The molecule has 1 aliphatic rings. The summed E-state index contributed by atoms with van der Waals surface area (Å²) in [7, 11) is 0. The number of hydrogen-bond donors (Lipinski definition) is 1. The van der Waals surface area contributed by atoms with Crippen molar-refractivity contribution < 1.29 is 4.79 Å². The van der Waals surface area contributed by atoms with Gasteiger partial charge < -0.3 is 10.2 Å². The highest BCUT2D eigenvalue weighted by Crippen LogP contribution is 2.17. The van der Waals surface area contributed by atoms with E-state index in [1.54, 1.807) is 0 Å². The molecule has 1 heterocycles. The van der Waals surface area contributed by atoms with Gasteiger partial charge in [0.25, 0.3) is 0 Å². The smallest absolute Gasteiger partial charge is 0.240 e. The Kier molecular flexibility index (Phi) is 5.97. The summed E-state index contributed by atoms with van der Waals surface area (Å²) < 4.78 is 0. The number of benzene rings is 1. The molecule has 4 nitrogen and oxygen atoms in total. The Hall–Kier alpha value is -1.86. The number of hydrogen-bond acceptors (Lipinski definition) is 3. The van der Waals surface area contributed by atoms with E-state index >= 15 is 0 Å². The van der Waals surface area contributed by atoms with Gasteiger partial charge >= 0.3 is 0 Å². The second-order valence-electron chi connectivity index (χ2n) is 6.13. The minimum atomic E-state index is -0.175. The van der Waals surface area contributed by atoms with Crippen molar-refractivity contribution in [2.24, 2.45) is 5.92 Å². The Morgan fingerprint density at radius 3 is 2.55 bits per heavy atom. The van der Waals surface area contributed by atoms with Gasteiger partial charge in [0, 0.05) is 13.1 Å². The molecule has 2 rings (SSSR count). The van der Waals surface area contributed by atoms with Gasteiger partial charge in [0.15, 0.2) is 0 Å². The van der Waals surface area contributed by atoms with Crippen LogP contribution in [0.25, 0.3) is 0 Å². The number of carbonyl (C=O) groups excluding carboxylic acids is 1. The molecule has 1 aromatic rings. The van der Waals surface area contributed by atoms with Crippen molar-refractivity contribution in [1.29, 1.82) is 5.26 Å². The molecule has 118 valence electrons. The number of carbonyl (C=O) groups is 1. The van der Waals surface area contributed by atoms with Crippen LogP contribution in [0.4, 0.5) is 0 Å². The van der Waals surface area contributed by atoms with Gasteiger partial charge in [-0.05, 0) is 49.4 Å². The lowest BCUT2D eigenvalue weighted by atomic mass is 9.97. The molecule has 1 fully saturated rings. The Labute approximate surface area is 133 Å². The SMILES string of the molecule is CCN[C@@H](Cc1ccc(C#N)cc1)C(=O)N1CCC(C)CC1. The Morgan fingerprint density at radius 1 is 1.36 bits per heavy atom. The van der Waals surface area contributed by atoms with Crippen LogP contribution in [0.3, 0.4) is 0 Å². The van der Waals surface area contributed by atoms with Crippen molar-refractivity contribution in [3.63, 3.8) is 0 Å². The molecule has 1 N–H and O–H groups in total. The lowest BCUT2D eigenvalue weighted by molar-refractivity contribution is -0.134. The fourth-order valence-corrected chi connectivity index (χ4v) is 2.89. The van der Waals surface area contributed by atoms with Crippen LogP contribution in [0.15, 0.2) is 24.3 Å². The third kappa shape index (κ3) is 4.32. The van der Waals surface area contributed by atoms with E-state index in [9.17, 15) is 4.79 Å². The molecule has 0 spiro atoms. The summed E-state index contributed by atoms with van der Waals surface area (Å²) >= 11 is 0. The molecule has 1 aromatic carbocycles. The highest BCUT2D eigenvalue weighted by Gasteiger charge is 2.26. The lowest BCUT2D eigenvalue weighted by Crippen LogP contribution is -2.50. The van der Waals surface area contributed by atoms with E-state index in [1.165, 1.54) is 0 Å². The molecule has 0 aromatic heterocycles. The highest BCUT2D eigenvalue weighted by atomic mass is 16.2. The van der Waals surface area contributed by atoms with Crippen LogP contribution in [0, 0.1) is 17.2 Å². The van der Waals surface area contributed by atoms with Crippen molar-refractivity contribution in [1.82, 2.24) is 10.2 Å². The number of piperidine rings is 1. The maximum atomic E-state index is 12.7. The van der Waals surface area contributed by atoms with E-state index < -0.39 is 0 Å². The molecule has 1 amide bonds. The maximum Gasteiger partial charge on any atom is 0.240 e. The molecule has 1 atom stereocenters. The zero-order valence-electron chi connectivity index (χ0n) is 13.5. The molecule has 1 saturated heterocycles. The van der Waals surface area contributed by atoms with E-state index in [4.69, 9.17) is 5.26 Å². The predicted octanol–water partition coefficient (Wildman–Crippen LogP) is 2.34. The Bertz CT molecular complexity index is 524. The summed E-state index contributed by atoms with van der Waals surface area (Å²) in [6, 6.07) is 9.45. The number of nitriles is 1. The van der Waals surface area contributed by atoms with Crippen LogP contribution in [0.2, 0.25) is 0 Å². The molecule has 0 bridgehead atoms. The van der Waals surface area contributed by atoms with Gasteiger partial charge in [-0.15, -0.1) is 0 Å². The fraction of sp³-hybridized carbons (Fsp3) is 0.556. The van der Waals surface area contributed by atoms with E-state index in [0.29, 0.717) is 12.0 Å². The third-order valence-corrected chi connectivity index (χ3v) is 4.37. The largest absolute Gasteiger partial charge is 0.341 e. The summed E-state index contributed by atoms with van der Waals surface area (Å²) in [6.45, 7) is 6.79. The summed E-state index contributed by atoms with van der Waals surface area (Å²) in [5.74, 6) is 0.929. The van der Waals surface area contributed by atoms with Crippen LogP contribution in [-0.4, -0.2) is 36.5 Å². The average Bonchev–Trinajstić information content (AvgIpc) is 2.55. The summed E-state index contributed by atoms with van der Waals surface area (Å²) in [5, 5.41) is 12.2. The summed E-state index contributed by atoms with van der Waals surface area (Å²) in [5.41, 5.74) is 1.74. The zero-order valence-corrected chi connectivity index (χ0v) is 13.5. The first-order chi connectivity index (χ1) is 10.6. The average molecular weight is 299 g/mol. The number of amides is 1. The van der Waals surface area contributed by atoms with Crippen LogP contribution < -0.4 is 5.32 Å². The standard InChI is InChI=1S/C18H25N3O/c1-3-20-17(12-15-4-6-16(13-19)7-5-15)18(22)21-10-8-14(2)9-11-21/h4-7,14,17,20H,3,8-12H2,1-2H3/t17-/m0/s1. The van der Waals surface area contributed by atoms with Gasteiger partial charge in [-0.1, -0.05) is 26.0 Å². The van der Waals surface area contributed by atoms with Crippen molar-refractivity contribution in [3.8, 4) is 6.07 Å². The molecule has 0 unspecified atom stereocenters. The van der Waals surface area contributed by atoms with Crippen LogP contribution in [-0.2, 0) is 11.2 Å². The predicted molar refractivity (Wildman–Crippen MR) is 87.3 cm³/mol. The molecule has 4 heteroatoms. The minimum absolute atomic E-state index is 0.175. The molecule has 22 heavy (non-hydrogen) atoms. The van der Waals surface area contributed by atoms with Gasteiger partial charge in [0.05, 0.1) is 17.7 Å². The van der Waals surface area contributed by atoms with Gasteiger partial charge in [0.1, 0.15) is 0 Å². The number of rotatable bonds is 5. The first-order valence-corrected chi connectivity index (χ1v) is 8.15. The normalized spacial score (nSPS) is 17.0. The topological polar surface area (TPSA) is 56.1 Å². The maximum absolute atomic E-state index is 12.7. The molecular weight excluding hydrogens is 274 g/mol. The summed E-state index contributed by atoms with van der Waals surface area (Å²) in [6.07, 6.45) is 2.87. The van der Waals surface area contributed by atoms with Crippen molar-refractivity contribution >= 4 is 5.91 Å². The molecule has 1 aliphatic heterocycles. The third-order valence-electron chi connectivity index (χ3n) is 4.37. The van der Waals surface area contributed by atoms with Crippen molar-refractivity contribution in [2.75, 3.05) is 19.6 Å². The Morgan fingerprint density at radius 2 is 2.00 bits per heavy atom. The molecule has 0 radical (unpaired) electrons. The molecular formula is C18H25N3O. The minimum Gasteiger partial charge on any atom is -0.341 e. The van der Waals surface area contributed by atoms with Crippen LogP contribution in [0.5, 0.6) is 0 Å². The zero-order chi connectivity index (χ0) is 15.9. The van der Waals surface area contributed by atoms with Crippen molar-refractivity contribution in [2.45, 2.75) is 39.2 Å². The van der Waals surface area contributed by atoms with Crippen LogP contribution >= 0.6 is 0 Å². The van der Waals surface area contributed by atoms with Crippen LogP contribution in [0.1, 0.15) is 37.8 Å². The van der Waals surface area contributed by atoms with Gasteiger partial charge in [-0.2, -0.15) is 5.26 Å². The van der Waals surface area contributed by atoms with E-state index in [1.807, 2.05) is 36.1 Å². The van der Waals surface area contributed by atoms with E-state index in [0.717, 1.165) is 44.0 Å². The number of nitrogens with zero attached hydrogens (tertiary/aromatic N) is 2. The first-order valence-electron chi connectivity index (χ1n) is 8.15. The lowest BCUT2D eigenvalue weighted by Gasteiger charge is -2.33. The highest BCUT2D eigenvalue weighted by molar-refractivity contribution is 5.82. The monoisotopic (exact) mass is 299 g/mol. The Balaban J connectivity index is 2.01. The van der Waals surface area contributed by atoms with Gasteiger partial charge in [-0.25, -0.2) is 0 Å². The quantitative estimate of drug-likeness (QED) is 0.908. The second-order valence-corrected chi connectivity index (χ2v) is 6.13. The fourth-order valence-electron chi connectivity index (χ4n) is 2.89. The van der Waals surface area contributed by atoms with Gasteiger partial charge in [-0.3, -0.25) is 4.79 Å². The second kappa shape index (κ2) is 7.95. The number of likely N-dealkylation sites (N-methyl/N-ethyl adjacent to an activating group) is 1. The van der Waals surface area contributed by atoms with E-state index in [2.05, 4.69) is 18.3 Å². The van der Waals surface area contributed by atoms with Crippen molar-refractivity contribution in [3.05, 3.63) is 35.4 Å². The van der Waals surface area contributed by atoms with E-state index in [-0.39, 0.29) is 11.9 Å². The summed E-state index contributed by atoms with van der Waals surface area (Å²) in [4.78, 5) is 14.7. The number of likely N-dealkylation sites (tertiary alicyclic amines) is 1.